The molecule has 21 heavy (non-hydrogen) atoms. The van der Waals surface area contributed by atoms with Crippen molar-refractivity contribution in [3.8, 4) is 0 Å². The maximum Gasteiger partial charge on any atom is 0.256 e. The van der Waals surface area contributed by atoms with Crippen LogP contribution in [-0.2, 0) is 6.54 Å². The molecule has 4 nitrogen and oxygen atoms in total. The van der Waals surface area contributed by atoms with Crippen molar-refractivity contribution in [3.63, 3.8) is 0 Å². The predicted molar refractivity (Wildman–Crippen MR) is 82.7 cm³/mol. The summed E-state index contributed by atoms with van der Waals surface area (Å²) in [6, 6.07) is 11.7. The van der Waals surface area contributed by atoms with Crippen molar-refractivity contribution in [2.24, 2.45) is 0 Å². The number of hydrogen-bond acceptors (Lipinski definition) is 3. The summed E-state index contributed by atoms with van der Waals surface area (Å²) in [5, 5.41) is 0. The van der Waals surface area contributed by atoms with Crippen LogP contribution in [0.15, 0.2) is 42.6 Å². The number of nitrogen functional groups attached to an aromatic ring is 1. The highest BCUT2D eigenvalue weighted by molar-refractivity contribution is 6.00. The molecule has 1 heterocycles. The zero-order valence-electron chi connectivity index (χ0n) is 12.1. The lowest BCUT2D eigenvalue weighted by Gasteiger charge is -2.23. The molecule has 0 saturated heterocycles. The molecule has 1 saturated carbocycles. The normalized spacial score (nSPS) is 14.0. The largest absolute Gasteiger partial charge is 0.398 e. The van der Waals surface area contributed by atoms with Crippen LogP contribution < -0.4 is 5.73 Å². The van der Waals surface area contributed by atoms with Crippen molar-refractivity contribution in [2.75, 3.05) is 5.73 Å². The number of nitrogens with two attached hydrogens (primary N) is 1. The highest BCUT2D eigenvalue weighted by Crippen LogP contribution is 2.31. The topological polar surface area (TPSA) is 59.2 Å². The summed E-state index contributed by atoms with van der Waals surface area (Å²) in [7, 11) is 0. The highest BCUT2D eigenvalue weighted by Gasteiger charge is 2.34. The van der Waals surface area contributed by atoms with Crippen molar-refractivity contribution in [1.82, 2.24) is 9.88 Å². The van der Waals surface area contributed by atoms with E-state index in [-0.39, 0.29) is 5.91 Å². The number of hydrogen-bond donors (Lipinski definition) is 1. The molecular weight excluding hydrogens is 262 g/mol. The van der Waals surface area contributed by atoms with Gasteiger partial charge in [0, 0.05) is 17.9 Å². The van der Waals surface area contributed by atoms with Crippen LogP contribution in [0.5, 0.6) is 0 Å². The minimum absolute atomic E-state index is 0.0127. The van der Waals surface area contributed by atoms with Gasteiger partial charge >= 0.3 is 0 Å². The molecular formula is C17H19N3O. The molecule has 1 amide bonds. The molecule has 0 atom stereocenters. The molecule has 2 aromatic rings. The third kappa shape index (κ3) is 2.89. The molecule has 4 heteroatoms. The number of anilines is 1. The Hall–Kier alpha value is -2.36. The number of rotatable bonds is 4. The Labute approximate surface area is 124 Å². The van der Waals surface area contributed by atoms with Gasteiger partial charge in [0.25, 0.3) is 5.91 Å². The van der Waals surface area contributed by atoms with Crippen molar-refractivity contribution in [3.05, 3.63) is 59.4 Å². The average Bonchev–Trinajstić information content (AvgIpc) is 3.30. The molecule has 0 aliphatic heterocycles. The van der Waals surface area contributed by atoms with E-state index in [0.29, 0.717) is 23.8 Å². The van der Waals surface area contributed by atoms with Crippen LogP contribution in [0.3, 0.4) is 0 Å². The van der Waals surface area contributed by atoms with E-state index in [4.69, 9.17) is 5.73 Å². The fourth-order valence-electron chi connectivity index (χ4n) is 2.55. The summed E-state index contributed by atoms with van der Waals surface area (Å²) in [4.78, 5) is 19.1. The first kappa shape index (κ1) is 13.6. The molecule has 0 radical (unpaired) electrons. The van der Waals surface area contributed by atoms with Crippen molar-refractivity contribution >= 4 is 11.6 Å². The highest BCUT2D eigenvalue weighted by atomic mass is 16.2. The fraction of sp³-hybridized carbons (Fsp3) is 0.294. The van der Waals surface area contributed by atoms with Crippen LogP contribution in [0.25, 0.3) is 0 Å². The number of aromatic nitrogens is 1. The van der Waals surface area contributed by atoms with Crippen molar-refractivity contribution in [1.29, 1.82) is 0 Å². The second-order valence-electron chi connectivity index (χ2n) is 5.52. The Bertz CT molecular complexity index is 630. The van der Waals surface area contributed by atoms with Gasteiger partial charge in [-0.25, -0.2) is 0 Å². The second kappa shape index (κ2) is 5.56. The van der Waals surface area contributed by atoms with E-state index in [1.54, 1.807) is 12.3 Å². The minimum atomic E-state index is 0.0127. The molecule has 1 fully saturated rings. The Morgan fingerprint density at radius 3 is 2.71 bits per heavy atom. The maximum atomic E-state index is 12.9. The summed E-state index contributed by atoms with van der Waals surface area (Å²) in [5.74, 6) is 0.0127. The van der Waals surface area contributed by atoms with Crippen molar-refractivity contribution in [2.45, 2.75) is 32.4 Å². The summed E-state index contributed by atoms with van der Waals surface area (Å²) >= 11 is 0. The lowest BCUT2D eigenvalue weighted by Crippen LogP contribution is -2.33. The average molecular weight is 281 g/mol. The summed E-state index contributed by atoms with van der Waals surface area (Å²) in [6.07, 6.45) is 3.88. The summed E-state index contributed by atoms with van der Waals surface area (Å²) in [6.45, 7) is 2.47. The third-order valence-corrected chi connectivity index (χ3v) is 3.83. The molecule has 108 valence electrons. The lowest BCUT2D eigenvalue weighted by molar-refractivity contribution is 0.0728. The quantitative estimate of drug-likeness (QED) is 0.877. The molecule has 0 bridgehead atoms. The Morgan fingerprint density at radius 1 is 1.29 bits per heavy atom. The molecule has 1 aliphatic rings. The minimum Gasteiger partial charge on any atom is -0.398 e. The zero-order valence-corrected chi connectivity index (χ0v) is 12.1. The van der Waals surface area contributed by atoms with E-state index in [1.165, 1.54) is 0 Å². The first-order valence-electron chi connectivity index (χ1n) is 7.23. The van der Waals surface area contributed by atoms with E-state index in [2.05, 4.69) is 4.98 Å². The van der Waals surface area contributed by atoms with Crippen LogP contribution in [0.2, 0.25) is 0 Å². The third-order valence-electron chi connectivity index (χ3n) is 3.83. The zero-order chi connectivity index (χ0) is 14.8. The van der Waals surface area contributed by atoms with Gasteiger partial charge < -0.3 is 10.6 Å². The first-order chi connectivity index (χ1) is 10.2. The molecule has 1 aliphatic carbocycles. The molecule has 1 aromatic heterocycles. The van der Waals surface area contributed by atoms with Gasteiger partial charge in [0.05, 0.1) is 17.8 Å². The van der Waals surface area contributed by atoms with Crippen molar-refractivity contribution < 1.29 is 4.79 Å². The van der Waals surface area contributed by atoms with Gasteiger partial charge in [-0.3, -0.25) is 9.78 Å². The van der Waals surface area contributed by atoms with Gasteiger partial charge in [0.2, 0.25) is 0 Å². The van der Waals surface area contributed by atoms with Gasteiger partial charge in [0.1, 0.15) is 0 Å². The molecule has 0 unspecified atom stereocenters. The number of nitrogens with zero attached hydrogens (tertiary/aromatic N) is 2. The second-order valence-corrected chi connectivity index (χ2v) is 5.52. The number of pyridine rings is 1. The van der Waals surface area contributed by atoms with Gasteiger partial charge in [-0.1, -0.05) is 18.2 Å². The fourth-order valence-corrected chi connectivity index (χ4v) is 2.55. The number of amides is 1. The van der Waals surface area contributed by atoms with E-state index < -0.39 is 0 Å². The van der Waals surface area contributed by atoms with Crippen LogP contribution in [0, 0.1) is 6.92 Å². The van der Waals surface area contributed by atoms with E-state index >= 15 is 0 Å². The van der Waals surface area contributed by atoms with Gasteiger partial charge in [-0.05, 0) is 43.5 Å². The van der Waals surface area contributed by atoms with Crippen LogP contribution in [0.1, 0.15) is 34.5 Å². The van der Waals surface area contributed by atoms with Crippen LogP contribution in [0.4, 0.5) is 5.69 Å². The van der Waals surface area contributed by atoms with E-state index in [1.807, 2.05) is 42.2 Å². The van der Waals surface area contributed by atoms with Gasteiger partial charge in [-0.15, -0.1) is 0 Å². The standard InChI is InChI=1S/C17H19N3O/c1-12-5-4-7-15(18)16(12)17(21)20(14-8-9-14)11-13-6-2-3-10-19-13/h2-7,10,14H,8-9,11,18H2,1H3. The van der Waals surface area contributed by atoms with E-state index in [0.717, 1.165) is 24.1 Å². The first-order valence-corrected chi connectivity index (χ1v) is 7.23. The molecule has 2 N–H and O–H groups in total. The molecule has 3 rings (SSSR count). The summed E-state index contributed by atoms with van der Waals surface area (Å²) < 4.78 is 0. The van der Waals surface area contributed by atoms with Gasteiger partial charge in [-0.2, -0.15) is 0 Å². The molecule has 0 spiro atoms. The Kier molecular flexibility index (Phi) is 3.60. The van der Waals surface area contributed by atoms with Gasteiger partial charge in [0.15, 0.2) is 0 Å². The SMILES string of the molecule is Cc1cccc(N)c1C(=O)N(Cc1ccccn1)C1CC1. The van der Waals surface area contributed by atoms with Crippen LogP contribution in [-0.4, -0.2) is 21.8 Å². The maximum absolute atomic E-state index is 12.9. The smallest absolute Gasteiger partial charge is 0.256 e. The van der Waals surface area contributed by atoms with Crippen LogP contribution >= 0.6 is 0 Å². The number of aryl methyl sites for hydroxylation is 1. The Balaban J connectivity index is 1.89. The Morgan fingerprint density at radius 2 is 2.10 bits per heavy atom. The predicted octanol–water partition coefficient (Wildman–Crippen LogP) is 2.78. The molecule has 1 aromatic carbocycles. The summed E-state index contributed by atoms with van der Waals surface area (Å²) in [5.41, 5.74) is 9.01. The van der Waals surface area contributed by atoms with E-state index in [9.17, 15) is 4.79 Å². The monoisotopic (exact) mass is 281 g/mol. The lowest BCUT2D eigenvalue weighted by atomic mass is 10.1. The number of carbonyl (C=O) groups excluding carboxylic acids is 1. The number of benzene rings is 1. The number of carbonyl (C=O) groups is 1.